The lowest BCUT2D eigenvalue weighted by molar-refractivity contribution is -0.130. The van der Waals surface area contributed by atoms with Gasteiger partial charge in [-0.15, -0.1) is 21.5 Å². The molecule has 4 aromatic rings. The molecule has 5 rings (SSSR count). The summed E-state index contributed by atoms with van der Waals surface area (Å²) in [5, 5.41) is 14.7. The first kappa shape index (κ1) is 29.4. The van der Waals surface area contributed by atoms with Crippen LogP contribution in [0.5, 0.6) is 5.75 Å². The molecule has 0 atom stereocenters. The molecule has 1 aliphatic heterocycles. The van der Waals surface area contributed by atoms with Gasteiger partial charge in [0, 0.05) is 42.7 Å². The number of rotatable bonds is 9. The number of fused-ring (bicyclic) bond motifs is 2. The molecule has 0 aliphatic carbocycles. The molecular formula is C31H33FN4O5S. The van der Waals surface area contributed by atoms with E-state index < -0.39 is 17.5 Å². The van der Waals surface area contributed by atoms with Crippen LogP contribution in [0.4, 0.5) is 9.18 Å². The highest BCUT2D eigenvalue weighted by atomic mass is 32.1. The molecule has 2 aromatic carbocycles. The van der Waals surface area contributed by atoms with Crippen LogP contribution in [-0.2, 0) is 27.2 Å². The number of amides is 2. The molecule has 0 fully saturated rings. The van der Waals surface area contributed by atoms with Gasteiger partial charge in [-0.2, -0.15) is 0 Å². The standard InChI is InChI=1S/C31H33FN4O5S/c1-31(2,3)41-30(38)33-10-11-39-12-13-40-25-17-22(32)7-8-23(25)28-29-24(9-14-42-29)27(34-35-28)20-6-5-19-16-26(37)36(4)18-21(19)15-20/h5-9,14-15,17H,10-13,16,18H2,1-4H3,(H,33,38). The normalized spacial score (nSPS) is 13.3. The Labute approximate surface area is 247 Å². The average molecular weight is 593 g/mol. The van der Waals surface area contributed by atoms with Gasteiger partial charge >= 0.3 is 6.09 Å². The lowest BCUT2D eigenvalue weighted by atomic mass is 9.95. The van der Waals surface area contributed by atoms with Crippen molar-refractivity contribution in [1.82, 2.24) is 20.4 Å². The number of carbonyl (C=O) groups is 2. The van der Waals surface area contributed by atoms with E-state index in [2.05, 4.69) is 21.6 Å². The van der Waals surface area contributed by atoms with Crippen molar-refractivity contribution in [1.29, 1.82) is 0 Å². The number of thiophene rings is 1. The molecule has 1 aliphatic rings. The Morgan fingerprint density at radius 3 is 2.67 bits per heavy atom. The fourth-order valence-electron chi connectivity index (χ4n) is 4.67. The van der Waals surface area contributed by atoms with Crippen molar-refractivity contribution in [2.75, 3.05) is 33.4 Å². The number of hydrogen-bond acceptors (Lipinski definition) is 8. The van der Waals surface area contributed by atoms with E-state index >= 15 is 0 Å². The maximum atomic E-state index is 14.2. The Morgan fingerprint density at radius 1 is 1.05 bits per heavy atom. The number of hydrogen-bond donors (Lipinski definition) is 1. The quantitative estimate of drug-likeness (QED) is 0.253. The highest BCUT2D eigenvalue weighted by Crippen LogP contribution is 2.39. The minimum Gasteiger partial charge on any atom is -0.490 e. The minimum absolute atomic E-state index is 0.110. The van der Waals surface area contributed by atoms with Crippen molar-refractivity contribution in [3.05, 3.63) is 64.8 Å². The second-order valence-electron chi connectivity index (χ2n) is 11.0. The molecule has 42 heavy (non-hydrogen) atoms. The van der Waals surface area contributed by atoms with Gasteiger partial charge in [0.25, 0.3) is 0 Å². The van der Waals surface area contributed by atoms with E-state index in [1.54, 1.807) is 31.7 Å². The monoisotopic (exact) mass is 592 g/mol. The summed E-state index contributed by atoms with van der Waals surface area (Å²) < 4.78 is 31.8. The van der Waals surface area contributed by atoms with E-state index in [4.69, 9.17) is 14.2 Å². The number of carbonyl (C=O) groups excluding carboxylic acids is 2. The molecule has 0 bridgehead atoms. The van der Waals surface area contributed by atoms with Gasteiger partial charge < -0.3 is 24.4 Å². The first-order valence-electron chi connectivity index (χ1n) is 13.7. The Morgan fingerprint density at radius 2 is 1.86 bits per heavy atom. The molecule has 9 nitrogen and oxygen atoms in total. The van der Waals surface area contributed by atoms with Gasteiger partial charge in [-0.1, -0.05) is 12.1 Å². The third-order valence-corrected chi connectivity index (χ3v) is 7.56. The maximum absolute atomic E-state index is 14.2. The zero-order chi connectivity index (χ0) is 29.9. The van der Waals surface area contributed by atoms with Gasteiger partial charge in [-0.3, -0.25) is 4.79 Å². The molecule has 3 heterocycles. The topological polar surface area (TPSA) is 103 Å². The smallest absolute Gasteiger partial charge is 0.407 e. The Kier molecular flexibility index (Phi) is 8.69. The maximum Gasteiger partial charge on any atom is 0.407 e. The number of halogens is 1. The van der Waals surface area contributed by atoms with Crippen LogP contribution in [0.2, 0.25) is 0 Å². The molecule has 0 radical (unpaired) electrons. The molecule has 0 unspecified atom stereocenters. The Hall–Kier alpha value is -4.09. The van der Waals surface area contributed by atoms with Crippen molar-refractivity contribution in [2.24, 2.45) is 0 Å². The fraction of sp³-hybridized carbons (Fsp3) is 0.355. The number of nitrogens with zero attached hydrogens (tertiary/aromatic N) is 3. The molecule has 0 spiro atoms. The van der Waals surface area contributed by atoms with Crippen molar-refractivity contribution >= 4 is 33.4 Å². The van der Waals surface area contributed by atoms with Crippen molar-refractivity contribution in [2.45, 2.75) is 39.3 Å². The first-order valence-corrected chi connectivity index (χ1v) is 14.5. The summed E-state index contributed by atoms with van der Waals surface area (Å²) in [6, 6.07) is 12.4. The van der Waals surface area contributed by atoms with E-state index in [0.717, 1.165) is 32.5 Å². The first-order chi connectivity index (χ1) is 20.1. The van der Waals surface area contributed by atoms with Gasteiger partial charge in [-0.25, -0.2) is 9.18 Å². The summed E-state index contributed by atoms with van der Waals surface area (Å²) in [6.45, 7) is 6.92. The van der Waals surface area contributed by atoms with Crippen LogP contribution in [-0.4, -0.2) is 66.1 Å². The summed E-state index contributed by atoms with van der Waals surface area (Å²) in [5.74, 6) is 0.0168. The van der Waals surface area contributed by atoms with Crippen LogP contribution >= 0.6 is 11.3 Å². The number of ether oxygens (including phenoxy) is 3. The van der Waals surface area contributed by atoms with Gasteiger partial charge in [0.2, 0.25) is 5.91 Å². The summed E-state index contributed by atoms with van der Waals surface area (Å²) >= 11 is 1.53. The lowest BCUT2D eigenvalue weighted by Gasteiger charge is -2.25. The molecule has 11 heteroatoms. The van der Waals surface area contributed by atoms with Crippen LogP contribution in [0.1, 0.15) is 31.9 Å². The summed E-state index contributed by atoms with van der Waals surface area (Å²) in [7, 11) is 1.81. The molecule has 0 saturated carbocycles. The molecule has 2 aromatic heterocycles. The lowest BCUT2D eigenvalue weighted by Crippen LogP contribution is -2.34. The Balaban J connectivity index is 1.28. The van der Waals surface area contributed by atoms with E-state index in [1.165, 1.54) is 23.5 Å². The third-order valence-electron chi connectivity index (χ3n) is 6.64. The molecule has 220 valence electrons. The largest absolute Gasteiger partial charge is 0.490 e. The van der Waals surface area contributed by atoms with E-state index in [9.17, 15) is 14.0 Å². The van der Waals surface area contributed by atoms with E-state index in [0.29, 0.717) is 30.0 Å². The van der Waals surface area contributed by atoms with E-state index in [-0.39, 0.29) is 32.3 Å². The van der Waals surface area contributed by atoms with Gasteiger partial charge in [0.05, 0.1) is 24.3 Å². The highest BCUT2D eigenvalue weighted by Gasteiger charge is 2.22. The third kappa shape index (κ3) is 6.85. The van der Waals surface area contributed by atoms with Gasteiger partial charge in [-0.05, 0) is 61.5 Å². The number of nitrogens with one attached hydrogen (secondary N) is 1. The predicted molar refractivity (Wildman–Crippen MR) is 159 cm³/mol. The Bertz CT molecular complexity index is 1620. The average Bonchev–Trinajstić information content (AvgIpc) is 3.42. The number of aromatic nitrogens is 2. The summed E-state index contributed by atoms with van der Waals surface area (Å²) in [4.78, 5) is 25.5. The van der Waals surface area contributed by atoms with Crippen LogP contribution in [0, 0.1) is 5.82 Å². The zero-order valence-corrected chi connectivity index (χ0v) is 24.8. The second kappa shape index (κ2) is 12.4. The fourth-order valence-corrected chi connectivity index (χ4v) is 5.56. The van der Waals surface area contributed by atoms with Gasteiger partial charge in [0.1, 0.15) is 35.2 Å². The van der Waals surface area contributed by atoms with Crippen molar-refractivity contribution < 1.29 is 28.2 Å². The van der Waals surface area contributed by atoms with Crippen LogP contribution < -0.4 is 10.1 Å². The zero-order valence-electron chi connectivity index (χ0n) is 24.0. The van der Waals surface area contributed by atoms with Crippen molar-refractivity contribution in [3.63, 3.8) is 0 Å². The molecule has 1 N–H and O–H groups in total. The number of likely N-dealkylation sites (N-methyl/N-ethyl adjacent to an activating group) is 1. The van der Waals surface area contributed by atoms with Gasteiger partial charge in [0.15, 0.2) is 0 Å². The van der Waals surface area contributed by atoms with E-state index in [1.807, 2.05) is 30.6 Å². The van der Waals surface area contributed by atoms with Crippen molar-refractivity contribution in [3.8, 4) is 28.3 Å². The second-order valence-corrected chi connectivity index (χ2v) is 11.9. The SMILES string of the molecule is CN1Cc2cc(-c3nnc(-c4ccc(F)cc4OCCOCCNC(=O)OC(C)(C)C)c4sccc34)ccc2CC1=O. The molecule has 2 amide bonds. The molecular weight excluding hydrogens is 559 g/mol. The predicted octanol–water partition coefficient (Wildman–Crippen LogP) is 5.60. The van der Waals surface area contributed by atoms with Crippen LogP contribution in [0.3, 0.4) is 0 Å². The number of alkyl carbamates (subject to hydrolysis) is 1. The van der Waals surface area contributed by atoms with Crippen LogP contribution in [0.15, 0.2) is 47.8 Å². The summed E-state index contributed by atoms with van der Waals surface area (Å²) in [5.41, 5.74) is 4.46. The summed E-state index contributed by atoms with van der Waals surface area (Å²) in [6.07, 6.45) is -0.110. The highest BCUT2D eigenvalue weighted by molar-refractivity contribution is 7.17. The number of benzene rings is 2. The molecule has 0 saturated heterocycles. The van der Waals surface area contributed by atoms with Crippen LogP contribution in [0.25, 0.3) is 32.6 Å². The minimum atomic E-state index is -0.568.